The molecule has 5 aliphatic rings. The van der Waals surface area contributed by atoms with Crippen LogP contribution in [0.2, 0.25) is 0 Å². The summed E-state index contributed by atoms with van der Waals surface area (Å²) in [5.74, 6) is -3.30. The topological polar surface area (TPSA) is 132 Å². The van der Waals surface area contributed by atoms with Crippen LogP contribution >= 0.6 is 0 Å². The molecule has 0 aliphatic heterocycles. The Hall–Kier alpha value is -1.89. The first-order valence-electron chi connectivity index (χ1n) is 14.2. The molecule has 0 aromatic rings. The highest BCUT2D eigenvalue weighted by atomic mass is 16.4. The summed E-state index contributed by atoms with van der Waals surface area (Å²) in [6.07, 6.45) is 4.75. The highest BCUT2D eigenvalue weighted by Crippen LogP contribution is 2.77. The molecule has 0 unspecified atom stereocenters. The second kappa shape index (κ2) is 8.06. The van der Waals surface area contributed by atoms with Crippen molar-refractivity contribution in [3.63, 3.8) is 0 Å². The van der Waals surface area contributed by atoms with Gasteiger partial charge in [-0.3, -0.25) is 14.4 Å². The minimum absolute atomic E-state index is 0.000663. The van der Waals surface area contributed by atoms with Crippen molar-refractivity contribution in [2.45, 2.75) is 98.0 Å². The smallest absolute Gasteiger partial charge is 0.312 e. The van der Waals surface area contributed by atoms with Crippen LogP contribution in [0.4, 0.5) is 0 Å². The minimum Gasteiger partial charge on any atom is -0.481 e. The van der Waals surface area contributed by atoms with Crippen LogP contribution in [0.25, 0.3) is 0 Å². The first-order valence-corrected chi connectivity index (χ1v) is 14.2. The van der Waals surface area contributed by atoms with E-state index in [4.69, 9.17) is 0 Å². The van der Waals surface area contributed by atoms with E-state index in [1.54, 1.807) is 6.92 Å². The molecule has 0 bridgehead atoms. The summed E-state index contributed by atoms with van der Waals surface area (Å²) >= 11 is 0. The number of carboxylic acid groups (broad SMARTS) is 3. The molecule has 7 nitrogen and oxygen atoms in total. The molecule has 5 rings (SSSR count). The zero-order chi connectivity index (χ0) is 27.3. The van der Waals surface area contributed by atoms with Gasteiger partial charge in [0, 0.05) is 0 Å². The molecule has 0 radical (unpaired) electrons. The Morgan fingerprint density at radius 2 is 1.43 bits per heavy atom. The van der Waals surface area contributed by atoms with E-state index in [2.05, 4.69) is 20.4 Å². The minimum atomic E-state index is -1.26. The maximum absolute atomic E-state index is 13.6. The quantitative estimate of drug-likeness (QED) is 0.377. The highest BCUT2D eigenvalue weighted by Gasteiger charge is 2.76. The van der Waals surface area contributed by atoms with Crippen molar-refractivity contribution in [3.05, 3.63) is 12.2 Å². The maximum atomic E-state index is 13.6. The number of carboxylic acids is 3. The summed E-state index contributed by atoms with van der Waals surface area (Å²) in [6, 6.07) is 0. The van der Waals surface area contributed by atoms with Crippen LogP contribution in [0.3, 0.4) is 0 Å². The van der Waals surface area contributed by atoms with Gasteiger partial charge in [-0.15, -0.1) is 0 Å². The lowest BCUT2D eigenvalue weighted by molar-refractivity contribution is -0.257. The van der Waals surface area contributed by atoms with Crippen molar-refractivity contribution >= 4 is 17.9 Å². The molecule has 0 spiro atoms. The number of fused-ring (bicyclic) bond motifs is 7. The number of carbonyl (C=O) groups is 3. The van der Waals surface area contributed by atoms with Gasteiger partial charge in [-0.25, -0.2) is 0 Å². The zero-order valence-electron chi connectivity index (χ0n) is 22.8. The Morgan fingerprint density at radius 1 is 0.757 bits per heavy atom. The van der Waals surface area contributed by atoms with Crippen molar-refractivity contribution in [2.75, 3.05) is 0 Å². The lowest BCUT2D eigenvalue weighted by atomic mass is 9.31. The number of hydrogen-bond donors (Lipinski definition) is 4. The number of hydrogen-bond acceptors (Lipinski definition) is 4. The van der Waals surface area contributed by atoms with Crippen molar-refractivity contribution < 1.29 is 34.8 Å². The Labute approximate surface area is 219 Å². The number of aliphatic carboxylic acids is 3. The lowest BCUT2D eigenvalue weighted by Crippen LogP contribution is -2.70. The lowest BCUT2D eigenvalue weighted by Gasteiger charge is -2.71. The fraction of sp³-hybridized carbons (Fsp3) is 0.833. The molecule has 5 fully saturated rings. The van der Waals surface area contributed by atoms with Crippen molar-refractivity contribution in [3.8, 4) is 0 Å². The Balaban J connectivity index is 1.64. The predicted molar refractivity (Wildman–Crippen MR) is 137 cm³/mol. The monoisotopic (exact) mass is 516 g/mol. The molecule has 5 aliphatic carbocycles. The third kappa shape index (κ3) is 2.95. The molecule has 0 amide bonds. The van der Waals surface area contributed by atoms with Crippen LogP contribution in [0, 0.1) is 56.7 Å². The maximum Gasteiger partial charge on any atom is 0.312 e. The summed E-state index contributed by atoms with van der Waals surface area (Å²) in [7, 11) is 0. The first kappa shape index (κ1) is 26.7. The molecule has 4 N–H and O–H groups in total. The van der Waals surface area contributed by atoms with Crippen LogP contribution in [-0.2, 0) is 14.4 Å². The van der Waals surface area contributed by atoms with Gasteiger partial charge in [0.05, 0.1) is 22.3 Å². The Kier molecular flexibility index (Phi) is 5.82. The fourth-order valence-corrected chi connectivity index (χ4v) is 11.6. The van der Waals surface area contributed by atoms with E-state index in [0.29, 0.717) is 51.4 Å². The summed E-state index contributed by atoms with van der Waals surface area (Å²) in [5, 5.41) is 42.7. The van der Waals surface area contributed by atoms with Gasteiger partial charge in [0.15, 0.2) is 0 Å². The highest BCUT2D eigenvalue weighted by molar-refractivity contribution is 5.81. The second-order valence-electron chi connectivity index (χ2n) is 14.1. The van der Waals surface area contributed by atoms with E-state index in [-0.39, 0.29) is 29.6 Å². The van der Waals surface area contributed by atoms with E-state index in [1.165, 1.54) is 0 Å². The molecule has 37 heavy (non-hydrogen) atoms. The van der Waals surface area contributed by atoms with Crippen molar-refractivity contribution in [1.29, 1.82) is 0 Å². The average molecular weight is 517 g/mol. The van der Waals surface area contributed by atoms with Gasteiger partial charge in [0.25, 0.3) is 0 Å². The van der Waals surface area contributed by atoms with E-state index in [9.17, 15) is 34.8 Å². The van der Waals surface area contributed by atoms with E-state index in [1.807, 2.05) is 6.92 Å². The summed E-state index contributed by atoms with van der Waals surface area (Å²) in [5.41, 5.74) is -3.24. The summed E-state index contributed by atoms with van der Waals surface area (Å²) in [6.45, 7) is 12.1. The van der Waals surface area contributed by atoms with Crippen molar-refractivity contribution in [2.24, 2.45) is 56.7 Å². The molecule has 5 saturated carbocycles. The number of allylic oxidation sites excluding steroid dienone is 1. The van der Waals surface area contributed by atoms with Gasteiger partial charge in [-0.1, -0.05) is 26.0 Å². The van der Waals surface area contributed by atoms with E-state index in [0.717, 1.165) is 18.4 Å². The molecule has 0 saturated heterocycles. The van der Waals surface area contributed by atoms with Gasteiger partial charge in [0.1, 0.15) is 0 Å². The molecule has 0 aromatic heterocycles. The Bertz CT molecular complexity index is 1050. The van der Waals surface area contributed by atoms with Crippen LogP contribution in [0.15, 0.2) is 12.2 Å². The SMILES string of the molecule is C=C(C)[C@H]1CC[C@@]2(C(=O)O)CC[C@]3(C(=O)O)[C@H](CC[C@H]4[C@@]5(C)CC[C@@H](O)[C@@](C)(C(=O)O)[C@H]5CC[C@@]43C)[C@@H]12. The largest absolute Gasteiger partial charge is 0.481 e. The fourth-order valence-electron chi connectivity index (χ4n) is 11.6. The normalized spacial score (nSPS) is 52.7. The van der Waals surface area contributed by atoms with Crippen LogP contribution in [-0.4, -0.2) is 44.4 Å². The molecule has 206 valence electrons. The number of rotatable bonds is 4. The van der Waals surface area contributed by atoms with Crippen LogP contribution < -0.4 is 0 Å². The Morgan fingerprint density at radius 3 is 2.00 bits per heavy atom. The number of aliphatic hydroxyl groups is 1. The van der Waals surface area contributed by atoms with E-state index >= 15 is 0 Å². The van der Waals surface area contributed by atoms with Gasteiger partial charge in [-0.05, 0) is 118 Å². The third-order valence-electron chi connectivity index (χ3n) is 13.4. The van der Waals surface area contributed by atoms with Gasteiger partial charge < -0.3 is 20.4 Å². The van der Waals surface area contributed by atoms with Crippen LogP contribution in [0.1, 0.15) is 91.9 Å². The predicted octanol–water partition coefficient (Wildman–Crippen LogP) is 5.22. The van der Waals surface area contributed by atoms with E-state index < -0.39 is 51.1 Å². The van der Waals surface area contributed by atoms with Gasteiger partial charge in [0.2, 0.25) is 0 Å². The zero-order valence-corrected chi connectivity index (χ0v) is 22.8. The van der Waals surface area contributed by atoms with Gasteiger partial charge in [-0.2, -0.15) is 0 Å². The molecule has 7 heteroatoms. The molecule has 0 aromatic carbocycles. The molecular weight excluding hydrogens is 472 g/mol. The molecule has 11 atom stereocenters. The van der Waals surface area contributed by atoms with Gasteiger partial charge >= 0.3 is 17.9 Å². The standard InChI is InChI=1S/C30H44O7/c1-16(2)17-8-13-29(24(34)35)14-15-30(25(36)37)18(22(17)29)6-7-19-26(3)11-10-21(31)28(5,23(32)33)20(26)9-12-27(19,30)4/h17-22,31H,1,6-15H2,2-5H3,(H,32,33)(H,34,35)(H,36,37)/t17-,18-,19+,20+,21-,22-,26-,27+,28+,29-,30-/m1/s1. The number of aliphatic hydroxyl groups excluding tert-OH is 1. The summed E-state index contributed by atoms with van der Waals surface area (Å²) < 4.78 is 0. The summed E-state index contributed by atoms with van der Waals surface area (Å²) in [4.78, 5) is 38.9. The van der Waals surface area contributed by atoms with Crippen molar-refractivity contribution in [1.82, 2.24) is 0 Å². The first-order chi connectivity index (χ1) is 17.1. The molecule has 0 heterocycles. The average Bonchev–Trinajstić information content (AvgIpc) is 3.23. The van der Waals surface area contributed by atoms with Crippen LogP contribution in [0.5, 0.6) is 0 Å². The third-order valence-corrected chi connectivity index (χ3v) is 13.4. The molecular formula is C30H44O7. The second-order valence-corrected chi connectivity index (χ2v) is 14.1.